The molecule has 5 nitrogen and oxygen atoms in total. The number of benzene rings is 1. The van der Waals surface area contributed by atoms with Crippen molar-refractivity contribution < 1.29 is 14.3 Å². The maximum atomic E-state index is 11.7. The van der Waals surface area contributed by atoms with Gasteiger partial charge in [0.15, 0.2) is 0 Å². The largest absolute Gasteiger partial charge is 0.446 e. The zero-order chi connectivity index (χ0) is 14.6. The molecule has 0 aliphatic carbocycles. The van der Waals surface area contributed by atoms with Gasteiger partial charge in [0, 0.05) is 23.8 Å². The Kier molecular flexibility index (Phi) is 4.86. The van der Waals surface area contributed by atoms with Gasteiger partial charge < -0.3 is 14.8 Å². The number of carbonyl (C=O) groups is 1. The summed E-state index contributed by atoms with van der Waals surface area (Å²) in [6, 6.07) is 6.83. The predicted molar refractivity (Wildman–Crippen MR) is 78.2 cm³/mol. The Bertz CT molecular complexity index is 462. The molecule has 0 bridgehead atoms. The van der Waals surface area contributed by atoms with Gasteiger partial charge in [0.1, 0.15) is 12.7 Å². The van der Waals surface area contributed by atoms with Crippen molar-refractivity contribution in [2.75, 3.05) is 25.0 Å². The quantitative estimate of drug-likeness (QED) is 0.901. The van der Waals surface area contributed by atoms with Crippen molar-refractivity contribution in [3.63, 3.8) is 0 Å². The number of rotatable bonds is 3. The fourth-order valence-electron chi connectivity index (χ4n) is 2.02. The maximum absolute atomic E-state index is 11.7. The van der Waals surface area contributed by atoms with Crippen LogP contribution in [0.1, 0.15) is 13.8 Å². The first-order valence-corrected chi connectivity index (χ1v) is 6.90. The van der Waals surface area contributed by atoms with Gasteiger partial charge in [-0.1, -0.05) is 11.6 Å². The van der Waals surface area contributed by atoms with Crippen LogP contribution >= 0.6 is 11.6 Å². The molecular weight excluding hydrogens is 280 g/mol. The van der Waals surface area contributed by atoms with E-state index >= 15 is 0 Å². The standard InChI is InChI=1S/C14H19ClN2O3/c1-14(2)9-16-7-12(20-14)8-19-13(18)17-11-5-3-10(15)4-6-11/h3-6,12,16H,7-9H2,1-2H3,(H,17,18). The normalized spacial score (nSPS) is 21.2. The molecule has 1 aliphatic rings. The van der Waals surface area contributed by atoms with Crippen LogP contribution in [0.25, 0.3) is 0 Å². The van der Waals surface area contributed by atoms with Crippen LogP contribution in [0.4, 0.5) is 10.5 Å². The average molecular weight is 299 g/mol. The second-order valence-corrected chi connectivity index (χ2v) is 5.80. The van der Waals surface area contributed by atoms with Crippen LogP contribution in [0.3, 0.4) is 0 Å². The van der Waals surface area contributed by atoms with Crippen molar-refractivity contribution in [2.24, 2.45) is 0 Å². The molecule has 1 aromatic rings. The summed E-state index contributed by atoms with van der Waals surface area (Å²) >= 11 is 5.77. The Morgan fingerprint density at radius 2 is 2.20 bits per heavy atom. The third kappa shape index (κ3) is 4.67. The first-order chi connectivity index (χ1) is 9.44. The van der Waals surface area contributed by atoms with Gasteiger partial charge in [0.2, 0.25) is 0 Å². The highest BCUT2D eigenvalue weighted by atomic mass is 35.5. The fraction of sp³-hybridized carbons (Fsp3) is 0.500. The molecule has 1 aromatic carbocycles. The number of amides is 1. The number of nitrogens with one attached hydrogen (secondary N) is 2. The molecule has 1 fully saturated rings. The van der Waals surface area contributed by atoms with Gasteiger partial charge in [-0.25, -0.2) is 4.79 Å². The fourth-order valence-corrected chi connectivity index (χ4v) is 2.14. The van der Waals surface area contributed by atoms with Crippen molar-refractivity contribution >= 4 is 23.4 Å². The Morgan fingerprint density at radius 3 is 2.85 bits per heavy atom. The van der Waals surface area contributed by atoms with E-state index in [-0.39, 0.29) is 18.3 Å². The molecular formula is C14H19ClN2O3. The number of hydrogen-bond donors (Lipinski definition) is 2. The van der Waals surface area contributed by atoms with Gasteiger partial charge >= 0.3 is 6.09 Å². The van der Waals surface area contributed by atoms with E-state index in [2.05, 4.69) is 10.6 Å². The van der Waals surface area contributed by atoms with Gasteiger partial charge in [0.25, 0.3) is 0 Å². The first kappa shape index (κ1) is 15.1. The maximum Gasteiger partial charge on any atom is 0.411 e. The Balaban J connectivity index is 1.76. The summed E-state index contributed by atoms with van der Waals surface area (Å²) in [6.07, 6.45) is -0.631. The van der Waals surface area contributed by atoms with Crippen molar-refractivity contribution in [3.05, 3.63) is 29.3 Å². The summed E-state index contributed by atoms with van der Waals surface area (Å²) in [5.74, 6) is 0. The van der Waals surface area contributed by atoms with E-state index in [9.17, 15) is 4.79 Å². The highest BCUT2D eigenvalue weighted by Crippen LogP contribution is 2.16. The Morgan fingerprint density at radius 1 is 1.50 bits per heavy atom. The monoisotopic (exact) mass is 298 g/mol. The van der Waals surface area contributed by atoms with Crippen LogP contribution in [-0.2, 0) is 9.47 Å². The Hall–Kier alpha value is -1.30. The van der Waals surface area contributed by atoms with E-state index < -0.39 is 6.09 Å². The lowest BCUT2D eigenvalue weighted by Crippen LogP contribution is -2.52. The van der Waals surface area contributed by atoms with E-state index in [0.717, 1.165) is 6.54 Å². The number of carbonyl (C=O) groups excluding carboxylic acids is 1. The molecule has 20 heavy (non-hydrogen) atoms. The summed E-state index contributed by atoms with van der Waals surface area (Å²) in [5.41, 5.74) is 0.404. The van der Waals surface area contributed by atoms with Crippen LogP contribution in [0.15, 0.2) is 24.3 Å². The van der Waals surface area contributed by atoms with Crippen molar-refractivity contribution in [1.82, 2.24) is 5.32 Å². The summed E-state index contributed by atoms with van der Waals surface area (Å²) in [4.78, 5) is 11.7. The molecule has 2 rings (SSSR count). The minimum atomic E-state index is -0.501. The highest BCUT2D eigenvalue weighted by molar-refractivity contribution is 6.30. The second-order valence-electron chi connectivity index (χ2n) is 5.36. The van der Waals surface area contributed by atoms with E-state index in [4.69, 9.17) is 21.1 Å². The first-order valence-electron chi connectivity index (χ1n) is 6.52. The van der Waals surface area contributed by atoms with E-state index in [1.54, 1.807) is 24.3 Å². The van der Waals surface area contributed by atoms with Crippen molar-refractivity contribution in [1.29, 1.82) is 0 Å². The summed E-state index contributed by atoms with van der Waals surface area (Å²) < 4.78 is 11.0. The summed E-state index contributed by atoms with van der Waals surface area (Å²) in [5, 5.41) is 6.51. The minimum absolute atomic E-state index is 0.130. The van der Waals surface area contributed by atoms with E-state index in [1.165, 1.54) is 0 Å². The predicted octanol–water partition coefficient (Wildman–Crippen LogP) is 2.66. The molecule has 1 unspecified atom stereocenters. The lowest BCUT2D eigenvalue weighted by Gasteiger charge is -2.36. The van der Waals surface area contributed by atoms with Crippen molar-refractivity contribution in [2.45, 2.75) is 25.6 Å². The number of morpholine rings is 1. The highest BCUT2D eigenvalue weighted by Gasteiger charge is 2.28. The van der Waals surface area contributed by atoms with Crippen molar-refractivity contribution in [3.8, 4) is 0 Å². The zero-order valence-corrected chi connectivity index (χ0v) is 12.4. The minimum Gasteiger partial charge on any atom is -0.446 e. The molecule has 1 amide bonds. The average Bonchev–Trinajstić information content (AvgIpc) is 2.38. The molecule has 1 saturated heterocycles. The number of anilines is 1. The van der Waals surface area contributed by atoms with Crippen LogP contribution in [0, 0.1) is 0 Å². The van der Waals surface area contributed by atoms with Gasteiger partial charge in [-0.3, -0.25) is 5.32 Å². The molecule has 6 heteroatoms. The lowest BCUT2D eigenvalue weighted by molar-refractivity contribution is -0.110. The number of halogens is 1. The third-order valence-electron chi connectivity index (χ3n) is 2.90. The smallest absolute Gasteiger partial charge is 0.411 e. The summed E-state index contributed by atoms with van der Waals surface area (Å²) in [6.45, 7) is 5.69. The molecule has 1 aliphatic heterocycles. The SMILES string of the molecule is CC1(C)CNCC(COC(=O)Nc2ccc(Cl)cc2)O1. The van der Waals surface area contributed by atoms with Crippen LogP contribution in [-0.4, -0.2) is 37.5 Å². The summed E-state index contributed by atoms with van der Waals surface area (Å²) in [7, 11) is 0. The molecule has 0 spiro atoms. The second kappa shape index (κ2) is 6.43. The molecule has 1 atom stereocenters. The van der Waals surface area contributed by atoms with Crippen LogP contribution < -0.4 is 10.6 Å². The lowest BCUT2D eigenvalue weighted by atomic mass is 10.1. The van der Waals surface area contributed by atoms with E-state index in [0.29, 0.717) is 17.3 Å². The molecule has 0 saturated carbocycles. The van der Waals surface area contributed by atoms with Gasteiger partial charge in [-0.2, -0.15) is 0 Å². The number of ether oxygens (including phenoxy) is 2. The van der Waals surface area contributed by atoms with E-state index in [1.807, 2.05) is 13.8 Å². The van der Waals surface area contributed by atoms with Crippen LogP contribution in [0.2, 0.25) is 5.02 Å². The molecule has 0 aromatic heterocycles. The molecule has 0 radical (unpaired) electrons. The topological polar surface area (TPSA) is 59.6 Å². The molecule has 2 N–H and O–H groups in total. The van der Waals surface area contributed by atoms with Crippen LogP contribution in [0.5, 0.6) is 0 Å². The third-order valence-corrected chi connectivity index (χ3v) is 3.15. The number of hydrogen-bond acceptors (Lipinski definition) is 4. The molecule has 1 heterocycles. The Labute approximate surface area is 123 Å². The van der Waals surface area contributed by atoms with Gasteiger partial charge in [-0.05, 0) is 38.1 Å². The van der Waals surface area contributed by atoms with Gasteiger partial charge in [0.05, 0.1) is 5.60 Å². The zero-order valence-electron chi connectivity index (χ0n) is 11.6. The van der Waals surface area contributed by atoms with Gasteiger partial charge in [-0.15, -0.1) is 0 Å². The molecule has 110 valence electrons.